The van der Waals surface area contributed by atoms with Crippen molar-refractivity contribution in [1.82, 2.24) is 9.78 Å². The second-order valence-electron chi connectivity index (χ2n) is 4.96. The molecule has 98 valence electrons. The zero-order valence-electron chi connectivity index (χ0n) is 11.7. The van der Waals surface area contributed by atoms with E-state index in [1.54, 1.807) is 6.26 Å². The number of furan rings is 1. The molecule has 2 rings (SSSR count). The summed E-state index contributed by atoms with van der Waals surface area (Å²) >= 11 is 0. The van der Waals surface area contributed by atoms with Crippen LogP contribution in [0.4, 0.5) is 5.69 Å². The Morgan fingerprint density at radius 1 is 1.33 bits per heavy atom. The van der Waals surface area contributed by atoms with Gasteiger partial charge in [0.25, 0.3) is 0 Å². The molecular weight excluding hydrogens is 226 g/mol. The molecule has 4 nitrogen and oxygen atoms in total. The summed E-state index contributed by atoms with van der Waals surface area (Å²) < 4.78 is 7.48. The lowest BCUT2D eigenvalue weighted by Gasteiger charge is -2.09. The first kappa shape index (κ1) is 12.7. The summed E-state index contributed by atoms with van der Waals surface area (Å²) in [4.78, 5) is 0. The number of rotatable bonds is 4. The summed E-state index contributed by atoms with van der Waals surface area (Å²) in [6.45, 7) is 11.2. The summed E-state index contributed by atoms with van der Waals surface area (Å²) in [6, 6.07) is 2.36. The van der Waals surface area contributed by atoms with E-state index in [4.69, 9.17) is 4.42 Å². The van der Waals surface area contributed by atoms with Gasteiger partial charge in [-0.2, -0.15) is 5.10 Å². The van der Waals surface area contributed by atoms with Crippen molar-refractivity contribution in [2.24, 2.45) is 0 Å². The molecule has 0 radical (unpaired) electrons. The molecule has 0 aliphatic rings. The molecule has 0 aliphatic heterocycles. The third-order valence-electron chi connectivity index (χ3n) is 3.21. The lowest BCUT2D eigenvalue weighted by atomic mass is 10.2. The lowest BCUT2D eigenvalue weighted by Crippen LogP contribution is -2.06. The van der Waals surface area contributed by atoms with Crippen LogP contribution in [0.15, 0.2) is 16.7 Å². The van der Waals surface area contributed by atoms with Crippen molar-refractivity contribution in [3.05, 3.63) is 35.0 Å². The van der Waals surface area contributed by atoms with E-state index in [0.29, 0.717) is 12.6 Å². The van der Waals surface area contributed by atoms with Crippen LogP contribution in [0, 0.1) is 20.8 Å². The Balaban J connectivity index is 2.17. The van der Waals surface area contributed by atoms with Crippen molar-refractivity contribution in [3.8, 4) is 0 Å². The molecule has 0 spiro atoms. The lowest BCUT2D eigenvalue weighted by molar-refractivity contribution is 0.513. The van der Waals surface area contributed by atoms with E-state index in [9.17, 15) is 0 Å². The number of hydrogen-bond acceptors (Lipinski definition) is 3. The molecule has 0 saturated heterocycles. The van der Waals surface area contributed by atoms with E-state index in [1.807, 2.05) is 17.7 Å². The fourth-order valence-electron chi connectivity index (χ4n) is 2.18. The van der Waals surface area contributed by atoms with Crippen molar-refractivity contribution in [1.29, 1.82) is 0 Å². The first-order chi connectivity index (χ1) is 8.50. The molecule has 2 heterocycles. The van der Waals surface area contributed by atoms with Crippen LogP contribution in [0.1, 0.15) is 42.6 Å². The van der Waals surface area contributed by atoms with Gasteiger partial charge in [0.05, 0.1) is 29.9 Å². The molecule has 0 aliphatic carbocycles. The average molecular weight is 247 g/mol. The van der Waals surface area contributed by atoms with E-state index in [0.717, 1.165) is 17.1 Å². The van der Waals surface area contributed by atoms with Crippen LogP contribution < -0.4 is 5.32 Å². The van der Waals surface area contributed by atoms with Gasteiger partial charge in [0.2, 0.25) is 0 Å². The van der Waals surface area contributed by atoms with E-state index in [2.05, 4.69) is 38.1 Å². The smallest absolute Gasteiger partial charge is 0.125 e. The summed E-state index contributed by atoms with van der Waals surface area (Å²) in [7, 11) is 0. The molecule has 4 heteroatoms. The number of nitrogens with zero attached hydrogens (tertiary/aromatic N) is 2. The molecule has 0 saturated carbocycles. The molecule has 0 amide bonds. The normalized spacial score (nSPS) is 11.2. The maximum atomic E-state index is 5.43. The summed E-state index contributed by atoms with van der Waals surface area (Å²) in [5.74, 6) is 0.978. The maximum Gasteiger partial charge on any atom is 0.125 e. The predicted octanol–water partition coefficient (Wildman–Crippen LogP) is 3.59. The first-order valence-electron chi connectivity index (χ1n) is 6.33. The Morgan fingerprint density at radius 3 is 2.56 bits per heavy atom. The van der Waals surface area contributed by atoms with E-state index in [1.165, 1.54) is 11.3 Å². The number of hydrogen-bond donors (Lipinski definition) is 1. The Morgan fingerprint density at radius 2 is 2.06 bits per heavy atom. The number of nitrogens with one attached hydrogen (secondary N) is 1. The van der Waals surface area contributed by atoms with E-state index in [-0.39, 0.29) is 0 Å². The average Bonchev–Trinajstić information content (AvgIpc) is 2.82. The van der Waals surface area contributed by atoms with E-state index < -0.39 is 0 Å². The van der Waals surface area contributed by atoms with Gasteiger partial charge >= 0.3 is 0 Å². The van der Waals surface area contributed by atoms with Crippen molar-refractivity contribution in [2.75, 3.05) is 5.32 Å². The monoisotopic (exact) mass is 247 g/mol. The second-order valence-corrected chi connectivity index (χ2v) is 4.96. The minimum atomic E-state index is 0.379. The third-order valence-corrected chi connectivity index (χ3v) is 3.21. The molecule has 0 atom stereocenters. The van der Waals surface area contributed by atoms with Crippen LogP contribution in [-0.4, -0.2) is 9.78 Å². The van der Waals surface area contributed by atoms with Crippen LogP contribution >= 0.6 is 0 Å². The number of aromatic nitrogens is 2. The van der Waals surface area contributed by atoms with Crippen molar-refractivity contribution in [3.63, 3.8) is 0 Å². The van der Waals surface area contributed by atoms with Gasteiger partial charge in [0.1, 0.15) is 5.76 Å². The Hall–Kier alpha value is -1.71. The predicted molar refractivity (Wildman–Crippen MR) is 72.9 cm³/mol. The molecule has 0 bridgehead atoms. The quantitative estimate of drug-likeness (QED) is 0.897. The van der Waals surface area contributed by atoms with Crippen molar-refractivity contribution in [2.45, 2.75) is 47.2 Å². The summed E-state index contributed by atoms with van der Waals surface area (Å²) in [5, 5.41) is 7.98. The van der Waals surface area contributed by atoms with Gasteiger partial charge in [-0.05, 0) is 46.2 Å². The van der Waals surface area contributed by atoms with Gasteiger partial charge in [-0.1, -0.05) is 0 Å². The first-order valence-corrected chi connectivity index (χ1v) is 6.33. The van der Waals surface area contributed by atoms with Crippen LogP contribution in [0.5, 0.6) is 0 Å². The van der Waals surface area contributed by atoms with Crippen molar-refractivity contribution < 1.29 is 4.42 Å². The Kier molecular flexibility index (Phi) is 3.45. The largest absolute Gasteiger partial charge is 0.467 e. The third kappa shape index (κ3) is 2.28. The fraction of sp³-hybridized carbons (Fsp3) is 0.500. The van der Waals surface area contributed by atoms with Crippen LogP contribution in [0.2, 0.25) is 0 Å². The minimum Gasteiger partial charge on any atom is -0.467 e. The SMILES string of the molecule is Cc1ccoc1CNc1c(C)nn(C(C)C)c1C. The minimum absolute atomic E-state index is 0.379. The highest BCUT2D eigenvalue weighted by Crippen LogP contribution is 2.23. The second kappa shape index (κ2) is 4.88. The summed E-state index contributed by atoms with van der Waals surface area (Å²) in [5.41, 5.74) is 4.49. The van der Waals surface area contributed by atoms with Gasteiger partial charge < -0.3 is 9.73 Å². The molecular formula is C14H21N3O. The maximum absolute atomic E-state index is 5.43. The molecule has 0 fully saturated rings. The molecule has 18 heavy (non-hydrogen) atoms. The Bertz CT molecular complexity index is 537. The van der Waals surface area contributed by atoms with Crippen LogP contribution in [-0.2, 0) is 6.54 Å². The van der Waals surface area contributed by atoms with E-state index >= 15 is 0 Å². The van der Waals surface area contributed by atoms with Gasteiger partial charge in [-0.15, -0.1) is 0 Å². The number of aryl methyl sites for hydroxylation is 2. The molecule has 0 unspecified atom stereocenters. The van der Waals surface area contributed by atoms with Crippen LogP contribution in [0.25, 0.3) is 0 Å². The molecule has 2 aromatic heterocycles. The summed E-state index contributed by atoms with van der Waals surface area (Å²) in [6.07, 6.45) is 1.73. The highest BCUT2D eigenvalue weighted by molar-refractivity contribution is 5.52. The zero-order chi connectivity index (χ0) is 13.3. The standard InChI is InChI=1S/C14H21N3O/c1-9(2)17-12(5)14(11(4)16-17)15-8-13-10(3)6-7-18-13/h6-7,9,15H,8H2,1-5H3. The van der Waals surface area contributed by atoms with Gasteiger partial charge in [0.15, 0.2) is 0 Å². The Labute approximate surface area is 108 Å². The molecule has 0 aromatic carbocycles. The zero-order valence-corrected chi connectivity index (χ0v) is 11.7. The highest BCUT2D eigenvalue weighted by atomic mass is 16.3. The van der Waals surface area contributed by atoms with Gasteiger partial charge in [-0.25, -0.2) is 0 Å². The van der Waals surface area contributed by atoms with Crippen molar-refractivity contribution >= 4 is 5.69 Å². The van der Waals surface area contributed by atoms with Gasteiger partial charge in [0, 0.05) is 6.04 Å². The highest BCUT2D eigenvalue weighted by Gasteiger charge is 2.13. The molecule has 2 aromatic rings. The number of anilines is 1. The van der Waals surface area contributed by atoms with Crippen LogP contribution in [0.3, 0.4) is 0 Å². The fourth-order valence-corrected chi connectivity index (χ4v) is 2.18. The topological polar surface area (TPSA) is 43.0 Å². The van der Waals surface area contributed by atoms with Gasteiger partial charge in [-0.3, -0.25) is 4.68 Å². The molecule has 1 N–H and O–H groups in total.